The third-order valence-corrected chi connectivity index (χ3v) is 3.28. The van der Waals surface area contributed by atoms with E-state index in [1.165, 1.54) is 29.6 Å². The molecular weight excluding hydrogens is 196 g/mol. The number of hydrogen-bond donors (Lipinski definition) is 1. The highest BCUT2D eigenvalue weighted by molar-refractivity contribution is 8.00. The summed E-state index contributed by atoms with van der Waals surface area (Å²) in [5.74, 6) is -0.559. The van der Waals surface area contributed by atoms with Gasteiger partial charge in [-0.1, -0.05) is 18.7 Å². The van der Waals surface area contributed by atoms with Gasteiger partial charge in [-0.15, -0.1) is 0 Å². The maximum absolute atomic E-state index is 10.4. The normalized spacial score (nSPS) is 12.8. The summed E-state index contributed by atoms with van der Waals surface area (Å²) in [6, 6.07) is 0. The first-order chi connectivity index (χ1) is 5.70. The van der Waals surface area contributed by atoms with Gasteiger partial charge in [0.25, 0.3) is 0 Å². The van der Waals surface area contributed by atoms with Gasteiger partial charge in [0.05, 0.1) is 5.92 Å². The van der Waals surface area contributed by atoms with Crippen LogP contribution in [0.5, 0.6) is 0 Å². The van der Waals surface area contributed by atoms with Crippen LogP contribution in [-0.4, -0.2) is 26.2 Å². The van der Waals surface area contributed by atoms with Gasteiger partial charge in [0.1, 0.15) is 6.33 Å². The van der Waals surface area contributed by atoms with E-state index in [0.29, 0.717) is 5.75 Å². The highest BCUT2D eigenvalue weighted by Crippen LogP contribution is 2.20. The lowest BCUT2D eigenvalue weighted by Gasteiger charge is -2.01. The van der Waals surface area contributed by atoms with Gasteiger partial charge in [-0.3, -0.25) is 4.79 Å². The molecule has 0 aliphatic carbocycles. The first-order valence-electron chi connectivity index (χ1n) is 3.32. The average molecular weight is 204 g/mol. The number of carbonyl (C=O) groups is 1. The minimum Gasteiger partial charge on any atom is -0.481 e. The van der Waals surface area contributed by atoms with Crippen LogP contribution in [-0.2, 0) is 4.79 Å². The molecule has 0 aliphatic rings. The SMILES string of the molecule is CC(CSc1ncns1)C(=O)O. The number of aromatic nitrogens is 2. The van der Waals surface area contributed by atoms with Gasteiger partial charge in [-0.2, -0.15) is 4.37 Å². The monoisotopic (exact) mass is 204 g/mol. The molecule has 1 heterocycles. The van der Waals surface area contributed by atoms with Crippen molar-refractivity contribution in [2.45, 2.75) is 11.3 Å². The summed E-state index contributed by atoms with van der Waals surface area (Å²) in [6.07, 6.45) is 1.47. The van der Waals surface area contributed by atoms with E-state index in [-0.39, 0.29) is 5.92 Å². The van der Waals surface area contributed by atoms with E-state index >= 15 is 0 Å². The second kappa shape index (κ2) is 4.42. The van der Waals surface area contributed by atoms with Crippen molar-refractivity contribution in [3.05, 3.63) is 6.33 Å². The number of hydrogen-bond acceptors (Lipinski definition) is 5. The maximum atomic E-state index is 10.4. The van der Waals surface area contributed by atoms with Crippen LogP contribution < -0.4 is 0 Å². The Morgan fingerprint density at radius 2 is 2.67 bits per heavy atom. The Labute approximate surface area is 78.2 Å². The van der Waals surface area contributed by atoms with Gasteiger partial charge in [0.2, 0.25) is 0 Å². The topological polar surface area (TPSA) is 63.1 Å². The summed E-state index contributed by atoms with van der Waals surface area (Å²) in [5, 5.41) is 8.56. The van der Waals surface area contributed by atoms with Crippen molar-refractivity contribution in [3.63, 3.8) is 0 Å². The molecule has 0 amide bonds. The van der Waals surface area contributed by atoms with Crippen LogP contribution >= 0.6 is 23.3 Å². The lowest BCUT2D eigenvalue weighted by Crippen LogP contribution is -2.11. The van der Waals surface area contributed by atoms with Gasteiger partial charge in [-0.25, -0.2) is 4.98 Å². The summed E-state index contributed by atoms with van der Waals surface area (Å²) >= 11 is 2.71. The van der Waals surface area contributed by atoms with E-state index in [2.05, 4.69) is 9.36 Å². The Morgan fingerprint density at radius 1 is 1.92 bits per heavy atom. The van der Waals surface area contributed by atoms with Crippen molar-refractivity contribution < 1.29 is 9.90 Å². The van der Waals surface area contributed by atoms with Crippen LogP contribution in [0, 0.1) is 5.92 Å². The second-order valence-electron chi connectivity index (χ2n) is 2.26. The fourth-order valence-corrected chi connectivity index (χ4v) is 1.97. The molecule has 1 N–H and O–H groups in total. The standard InChI is InChI=1S/C6H8N2O2S2/c1-4(5(9)10)2-11-6-7-3-8-12-6/h3-4H,2H2,1H3,(H,9,10). The molecule has 0 aromatic carbocycles. The van der Waals surface area contributed by atoms with E-state index in [0.717, 1.165) is 4.34 Å². The number of nitrogens with zero attached hydrogens (tertiary/aromatic N) is 2. The predicted molar refractivity (Wildman–Crippen MR) is 47.4 cm³/mol. The molecule has 0 radical (unpaired) electrons. The highest BCUT2D eigenvalue weighted by atomic mass is 32.2. The van der Waals surface area contributed by atoms with E-state index in [1.807, 2.05) is 0 Å². The van der Waals surface area contributed by atoms with E-state index < -0.39 is 5.97 Å². The van der Waals surface area contributed by atoms with Crippen LogP contribution in [0.1, 0.15) is 6.92 Å². The summed E-state index contributed by atoms with van der Waals surface area (Å²) in [5.41, 5.74) is 0. The molecule has 0 saturated heterocycles. The Balaban J connectivity index is 2.31. The van der Waals surface area contributed by atoms with Gasteiger partial charge in [0.15, 0.2) is 4.34 Å². The van der Waals surface area contributed by atoms with Crippen molar-refractivity contribution in [1.82, 2.24) is 9.36 Å². The Kier molecular flexibility index (Phi) is 3.48. The molecule has 12 heavy (non-hydrogen) atoms. The molecule has 0 saturated carbocycles. The third-order valence-electron chi connectivity index (χ3n) is 1.22. The lowest BCUT2D eigenvalue weighted by atomic mass is 10.2. The summed E-state index contributed by atoms with van der Waals surface area (Å²) in [7, 11) is 0. The number of rotatable bonds is 4. The molecule has 1 rings (SSSR count). The Bertz CT molecular complexity index is 250. The molecule has 0 bridgehead atoms. The molecule has 1 aromatic rings. The van der Waals surface area contributed by atoms with Crippen LogP contribution in [0.3, 0.4) is 0 Å². The highest BCUT2D eigenvalue weighted by Gasteiger charge is 2.11. The van der Waals surface area contributed by atoms with Gasteiger partial charge >= 0.3 is 5.97 Å². The number of thioether (sulfide) groups is 1. The fraction of sp³-hybridized carbons (Fsp3) is 0.500. The predicted octanol–water partition coefficient (Wildman–Crippen LogP) is 1.35. The Morgan fingerprint density at radius 3 is 3.17 bits per heavy atom. The minimum absolute atomic E-state index is 0.334. The largest absolute Gasteiger partial charge is 0.481 e. The quantitative estimate of drug-likeness (QED) is 0.750. The molecule has 0 spiro atoms. The van der Waals surface area contributed by atoms with Gasteiger partial charge in [0, 0.05) is 5.75 Å². The summed E-state index contributed by atoms with van der Waals surface area (Å²) in [4.78, 5) is 14.3. The second-order valence-corrected chi connectivity index (χ2v) is 4.30. The molecule has 1 aromatic heterocycles. The van der Waals surface area contributed by atoms with Crippen molar-refractivity contribution in [2.75, 3.05) is 5.75 Å². The maximum Gasteiger partial charge on any atom is 0.307 e. The Hall–Kier alpha value is -0.620. The van der Waals surface area contributed by atoms with Crippen LogP contribution in [0.4, 0.5) is 0 Å². The minimum atomic E-state index is -0.771. The first kappa shape index (κ1) is 9.47. The molecule has 66 valence electrons. The molecular formula is C6H8N2O2S2. The number of aliphatic carboxylic acids is 1. The van der Waals surface area contributed by atoms with Gasteiger partial charge in [-0.05, 0) is 11.5 Å². The van der Waals surface area contributed by atoms with Crippen LogP contribution in [0.25, 0.3) is 0 Å². The third kappa shape index (κ3) is 2.78. The van der Waals surface area contributed by atoms with Gasteiger partial charge < -0.3 is 5.11 Å². The molecule has 0 fully saturated rings. The molecule has 1 unspecified atom stereocenters. The first-order valence-corrected chi connectivity index (χ1v) is 5.08. The summed E-state index contributed by atoms with van der Waals surface area (Å²) in [6.45, 7) is 1.68. The number of carboxylic acids is 1. The molecule has 1 atom stereocenters. The number of carboxylic acid groups (broad SMARTS) is 1. The van der Waals surface area contributed by atoms with Crippen molar-refractivity contribution in [3.8, 4) is 0 Å². The molecule has 4 nitrogen and oxygen atoms in total. The molecule has 0 aliphatic heterocycles. The smallest absolute Gasteiger partial charge is 0.307 e. The van der Waals surface area contributed by atoms with Crippen molar-refractivity contribution in [1.29, 1.82) is 0 Å². The fourth-order valence-electron chi connectivity index (χ4n) is 0.494. The molecule has 6 heteroatoms. The zero-order chi connectivity index (χ0) is 8.97. The van der Waals surface area contributed by atoms with Crippen LogP contribution in [0.2, 0.25) is 0 Å². The zero-order valence-corrected chi connectivity index (χ0v) is 8.06. The lowest BCUT2D eigenvalue weighted by molar-refractivity contribution is -0.140. The van der Waals surface area contributed by atoms with Crippen molar-refractivity contribution >= 4 is 29.3 Å². The van der Waals surface area contributed by atoms with Crippen molar-refractivity contribution in [2.24, 2.45) is 5.92 Å². The van der Waals surface area contributed by atoms with Crippen LogP contribution in [0.15, 0.2) is 10.7 Å². The van der Waals surface area contributed by atoms with E-state index in [1.54, 1.807) is 6.92 Å². The van der Waals surface area contributed by atoms with E-state index in [9.17, 15) is 4.79 Å². The zero-order valence-electron chi connectivity index (χ0n) is 6.43. The van der Waals surface area contributed by atoms with E-state index in [4.69, 9.17) is 5.11 Å². The summed E-state index contributed by atoms with van der Waals surface area (Å²) < 4.78 is 4.63. The average Bonchev–Trinajstić information content (AvgIpc) is 2.51.